The highest BCUT2D eigenvalue weighted by molar-refractivity contribution is 9.10. The minimum absolute atomic E-state index is 0.213. The van der Waals surface area contributed by atoms with Crippen LogP contribution < -0.4 is 11.1 Å². The lowest BCUT2D eigenvalue weighted by Gasteiger charge is -2.37. The van der Waals surface area contributed by atoms with Gasteiger partial charge in [0, 0.05) is 16.7 Å². The second kappa shape index (κ2) is 5.19. The van der Waals surface area contributed by atoms with Gasteiger partial charge in [-0.2, -0.15) is 0 Å². The van der Waals surface area contributed by atoms with Gasteiger partial charge in [-0.1, -0.05) is 22.0 Å². The van der Waals surface area contributed by atoms with Gasteiger partial charge in [-0.15, -0.1) is 0 Å². The highest BCUT2D eigenvalue weighted by Gasteiger charge is 2.36. The minimum atomic E-state index is -2.87. The van der Waals surface area contributed by atoms with Gasteiger partial charge < -0.3 is 11.1 Å². The summed E-state index contributed by atoms with van der Waals surface area (Å²) < 4.78 is 24.0. The molecule has 0 radical (unpaired) electrons. The third-order valence-electron chi connectivity index (χ3n) is 3.41. The average Bonchev–Trinajstić information content (AvgIpc) is 2.33. The third-order valence-corrected chi connectivity index (χ3v) is 5.55. The third kappa shape index (κ3) is 3.24. The lowest BCUT2D eigenvalue weighted by atomic mass is 9.92. The van der Waals surface area contributed by atoms with E-state index in [9.17, 15) is 8.42 Å². The maximum atomic E-state index is 11.5. The van der Waals surface area contributed by atoms with Crippen molar-refractivity contribution in [2.45, 2.75) is 18.4 Å². The van der Waals surface area contributed by atoms with E-state index in [4.69, 9.17) is 5.73 Å². The van der Waals surface area contributed by atoms with Crippen molar-refractivity contribution in [3.05, 3.63) is 28.7 Å². The first-order valence-electron chi connectivity index (χ1n) is 5.89. The first-order chi connectivity index (χ1) is 8.45. The van der Waals surface area contributed by atoms with Crippen molar-refractivity contribution >= 4 is 31.5 Å². The van der Waals surface area contributed by atoms with Gasteiger partial charge >= 0.3 is 0 Å². The van der Waals surface area contributed by atoms with Crippen LogP contribution in [0.5, 0.6) is 0 Å². The Morgan fingerprint density at radius 3 is 2.56 bits per heavy atom. The summed E-state index contributed by atoms with van der Waals surface area (Å²) in [6, 6.07) is 7.83. The largest absolute Gasteiger partial charge is 0.378 e. The van der Waals surface area contributed by atoms with Gasteiger partial charge in [0.25, 0.3) is 0 Å². The predicted octanol–water partition coefficient (Wildman–Crippen LogP) is 1.77. The Kier molecular flexibility index (Phi) is 3.99. The normalized spacial score (nSPS) is 21.4. The van der Waals surface area contributed by atoms with Gasteiger partial charge in [-0.25, -0.2) is 8.42 Å². The number of hydrogen-bond acceptors (Lipinski definition) is 4. The maximum Gasteiger partial charge on any atom is 0.150 e. The summed E-state index contributed by atoms with van der Waals surface area (Å²) in [7, 11) is -2.87. The molecular weight excluding hydrogens is 316 g/mol. The van der Waals surface area contributed by atoms with Crippen molar-refractivity contribution in [1.29, 1.82) is 0 Å². The van der Waals surface area contributed by atoms with Crippen molar-refractivity contribution in [2.75, 3.05) is 23.4 Å². The Morgan fingerprint density at radius 2 is 2.00 bits per heavy atom. The smallest absolute Gasteiger partial charge is 0.150 e. The van der Waals surface area contributed by atoms with Gasteiger partial charge in [-0.3, -0.25) is 0 Å². The minimum Gasteiger partial charge on any atom is -0.378 e. The summed E-state index contributed by atoms with van der Waals surface area (Å²) in [6.45, 7) is 0.440. The quantitative estimate of drug-likeness (QED) is 0.884. The molecule has 0 spiro atoms. The summed E-state index contributed by atoms with van der Waals surface area (Å²) in [5, 5.41) is 3.40. The van der Waals surface area contributed by atoms with E-state index in [0.717, 1.165) is 10.2 Å². The molecule has 100 valence electrons. The zero-order chi connectivity index (χ0) is 13.2. The van der Waals surface area contributed by atoms with E-state index in [0.29, 0.717) is 19.4 Å². The number of hydrogen-bond donors (Lipinski definition) is 2. The zero-order valence-electron chi connectivity index (χ0n) is 10.0. The fourth-order valence-corrected chi connectivity index (χ4v) is 4.19. The van der Waals surface area contributed by atoms with Crippen LogP contribution in [-0.4, -0.2) is 32.0 Å². The molecule has 1 heterocycles. The van der Waals surface area contributed by atoms with E-state index in [2.05, 4.69) is 21.2 Å². The van der Waals surface area contributed by atoms with E-state index >= 15 is 0 Å². The summed E-state index contributed by atoms with van der Waals surface area (Å²) in [6.07, 6.45) is 1.14. The molecule has 3 N–H and O–H groups in total. The Hall–Kier alpha value is -0.590. The SMILES string of the molecule is NCC1(Nc2cccc(Br)c2)CCS(=O)(=O)CC1. The number of halogens is 1. The molecule has 1 aliphatic rings. The summed E-state index contributed by atoms with van der Waals surface area (Å²) in [5.74, 6) is 0.427. The molecule has 1 aliphatic heterocycles. The monoisotopic (exact) mass is 332 g/mol. The van der Waals surface area contributed by atoms with Crippen LogP contribution in [0.3, 0.4) is 0 Å². The molecule has 0 bridgehead atoms. The second-order valence-electron chi connectivity index (χ2n) is 4.77. The lowest BCUT2D eigenvalue weighted by molar-refractivity contribution is 0.426. The van der Waals surface area contributed by atoms with E-state index in [1.54, 1.807) is 0 Å². The van der Waals surface area contributed by atoms with Gasteiger partial charge in [0.1, 0.15) is 0 Å². The van der Waals surface area contributed by atoms with Gasteiger partial charge in [0.05, 0.1) is 17.0 Å². The van der Waals surface area contributed by atoms with Crippen molar-refractivity contribution in [1.82, 2.24) is 0 Å². The predicted molar refractivity (Wildman–Crippen MR) is 77.4 cm³/mol. The number of rotatable bonds is 3. The van der Waals surface area contributed by atoms with Crippen molar-refractivity contribution in [3.63, 3.8) is 0 Å². The molecule has 4 nitrogen and oxygen atoms in total. The molecule has 18 heavy (non-hydrogen) atoms. The first-order valence-corrected chi connectivity index (χ1v) is 8.50. The highest BCUT2D eigenvalue weighted by Crippen LogP contribution is 2.28. The molecule has 0 aromatic heterocycles. The van der Waals surface area contributed by atoms with Crippen LogP contribution >= 0.6 is 15.9 Å². The highest BCUT2D eigenvalue weighted by atomic mass is 79.9. The molecular formula is C12H17BrN2O2S. The van der Waals surface area contributed by atoms with E-state index in [1.807, 2.05) is 24.3 Å². The lowest BCUT2D eigenvalue weighted by Crippen LogP contribution is -2.51. The fraction of sp³-hybridized carbons (Fsp3) is 0.500. The molecule has 0 saturated carbocycles. The number of nitrogens with two attached hydrogens (primary N) is 1. The van der Waals surface area contributed by atoms with Crippen LogP contribution in [0.1, 0.15) is 12.8 Å². The zero-order valence-corrected chi connectivity index (χ0v) is 12.4. The molecule has 1 fully saturated rings. The maximum absolute atomic E-state index is 11.5. The van der Waals surface area contributed by atoms with Crippen molar-refractivity contribution in [3.8, 4) is 0 Å². The van der Waals surface area contributed by atoms with Crippen LogP contribution in [0.4, 0.5) is 5.69 Å². The Labute approximate surface area is 116 Å². The number of benzene rings is 1. The molecule has 0 aliphatic carbocycles. The molecule has 0 atom stereocenters. The topological polar surface area (TPSA) is 72.2 Å². The summed E-state index contributed by atoms with van der Waals surface area (Å²) in [4.78, 5) is 0. The molecule has 1 aromatic rings. The Balaban J connectivity index is 2.15. The molecule has 1 aromatic carbocycles. The van der Waals surface area contributed by atoms with Crippen molar-refractivity contribution in [2.24, 2.45) is 5.73 Å². The van der Waals surface area contributed by atoms with Crippen LogP contribution in [0.2, 0.25) is 0 Å². The number of anilines is 1. The van der Waals surface area contributed by atoms with E-state index in [1.165, 1.54) is 0 Å². The Morgan fingerprint density at radius 1 is 1.33 bits per heavy atom. The van der Waals surface area contributed by atoms with Gasteiger partial charge in [-0.05, 0) is 31.0 Å². The average molecular weight is 333 g/mol. The van der Waals surface area contributed by atoms with Gasteiger partial charge in [0.15, 0.2) is 9.84 Å². The number of sulfone groups is 1. The van der Waals surface area contributed by atoms with Crippen LogP contribution in [-0.2, 0) is 9.84 Å². The van der Waals surface area contributed by atoms with Crippen LogP contribution in [0, 0.1) is 0 Å². The van der Waals surface area contributed by atoms with E-state index in [-0.39, 0.29) is 17.0 Å². The van der Waals surface area contributed by atoms with Gasteiger partial charge in [0.2, 0.25) is 0 Å². The summed E-state index contributed by atoms with van der Waals surface area (Å²) >= 11 is 3.42. The van der Waals surface area contributed by atoms with Crippen molar-refractivity contribution < 1.29 is 8.42 Å². The van der Waals surface area contributed by atoms with Crippen LogP contribution in [0.15, 0.2) is 28.7 Å². The Bertz CT molecular complexity index is 517. The van der Waals surface area contributed by atoms with Crippen LogP contribution in [0.25, 0.3) is 0 Å². The second-order valence-corrected chi connectivity index (χ2v) is 7.99. The first kappa shape index (κ1) is 13.8. The molecule has 0 amide bonds. The molecule has 6 heteroatoms. The molecule has 2 rings (SSSR count). The molecule has 1 saturated heterocycles. The standard InChI is InChI=1S/C12H17BrN2O2S/c13-10-2-1-3-11(8-10)15-12(9-14)4-6-18(16,17)7-5-12/h1-3,8,15H,4-7,9,14H2. The summed E-state index contributed by atoms with van der Waals surface area (Å²) in [5.41, 5.74) is 6.51. The van der Waals surface area contributed by atoms with E-state index < -0.39 is 9.84 Å². The number of nitrogens with one attached hydrogen (secondary N) is 1. The fourth-order valence-electron chi connectivity index (χ4n) is 2.18. The molecule has 0 unspecified atom stereocenters.